The van der Waals surface area contributed by atoms with Gasteiger partial charge in [-0.2, -0.15) is 0 Å². The molecule has 2 aromatic carbocycles. The maximum absolute atomic E-state index is 12.2. The number of halogens is 3. The maximum atomic E-state index is 12.2. The molecular weight excluding hydrogens is 349 g/mol. The number of hydrogen-bond acceptors (Lipinski definition) is 4. The number of amides is 1. The van der Waals surface area contributed by atoms with Crippen molar-refractivity contribution in [3.8, 4) is 16.9 Å². The van der Waals surface area contributed by atoms with E-state index in [0.29, 0.717) is 22.5 Å². The first-order valence-corrected chi connectivity index (χ1v) is 7.69. The van der Waals surface area contributed by atoms with Gasteiger partial charge >= 0.3 is 12.5 Å². The highest BCUT2D eigenvalue weighted by atomic mass is 19.4. The number of anilines is 2. The van der Waals surface area contributed by atoms with E-state index in [2.05, 4.69) is 10.1 Å². The first-order chi connectivity index (χ1) is 11.9. The van der Waals surface area contributed by atoms with Crippen molar-refractivity contribution in [2.45, 2.75) is 32.7 Å². The average molecular weight is 368 g/mol. The van der Waals surface area contributed by atoms with Crippen LogP contribution >= 0.6 is 0 Å². The number of alkyl halides is 3. The van der Waals surface area contributed by atoms with Crippen molar-refractivity contribution in [2.24, 2.45) is 0 Å². The number of carbonyl (C=O) groups is 1. The quantitative estimate of drug-likeness (QED) is 0.732. The van der Waals surface area contributed by atoms with Crippen molar-refractivity contribution >= 4 is 17.5 Å². The standard InChI is InChI=1S/C18H19F3N2O3/c1-17(2,3)26-16(24)23-15-9-6-12(10-14(15)22)11-4-7-13(8-5-11)25-18(19,20)21/h4-10H,22H2,1-3H3,(H,23,24). The molecule has 0 aromatic heterocycles. The number of ether oxygens (including phenoxy) is 2. The van der Waals surface area contributed by atoms with Crippen LogP contribution in [0, 0.1) is 0 Å². The Labute approximate surface area is 148 Å². The third-order valence-electron chi connectivity index (χ3n) is 3.11. The Bertz CT molecular complexity index is 782. The summed E-state index contributed by atoms with van der Waals surface area (Å²) in [6, 6.07) is 10.3. The molecule has 0 unspecified atom stereocenters. The number of nitrogen functional groups attached to an aromatic ring is 1. The van der Waals surface area contributed by atoms with Crippen LogP contribution in [0.1, 0.15) is 20.8 Å². The first kappa shape index (κ1) is 19.4. The maximum Gasteiger partial charge on any atom is 0.573 e. The average Bonchev–Trinajstić information content (AvgIpc) is 2.46. The molecule has 8 heteroatoms. The van der Waals surface area contributed by atoms with Gasteiger partial charge < -0.3 is 15.2 Å². The Morgan fingerprint density at radius 1 is 1.00 bits per heavy atom. The molecule has 0 spiro atoms. The van der Waals surface area contributed by atoms with Gasteiger partial charge in [0.2, 0.25) is 0 Å². The second kappa shape index (κ2) is 7.15. The van der Waals surface area contributed by atoms with E-state index in [9.17, 15) is 18.0 Å². The van der Waals surface area contributed by atoms with Crippen LogP contribution in [0.5, 0.6) is 5.75 Å². The van der Waals surface area contributed by atoms with Gasteiger partial charge in [-0.15, -0.1) is 13.2 Å². The summed E-state index contributed by atoms with van der Waals surface area (Å²) in [5.41, 5.74) is 7.30. The van der Waals surface area contributed by atoms with Crippen molar-refractivity contribution in [3.05, 3.63) is 42.5 Å². The van der Waals surface area contributed by atoms with Crippen LogP contribution in [0.4, 0.5) is 29.3 Å². The molecule has 0 radical (unpaired) electrons. The summed E-state index contributed by atoms with van der Waals surface area (Å²) in [7, 11) is 0. The lowest BCUT2D eigenvalue weighted by Gasteiger charge is -2.20. The van der Waals surface area contributed by atoms with Crippen molar-refractivity contribution in [3.63, 3.8) is 0 Å². The topological polar surface area (TPSA) is 73.6 Å². The predicted octanol–water partition coefficient (Wildman–Crippen LogP) is 5.18. The molecular formula is C18H19F3N2O3. The summed E-state index contributed by atoms with van der Waals surface area (Å²) in [4.78, 5) is 11.8. The van der Waals surface area contributed by atoms with E-state index in [-0.39, 0.29) is 5.75 Å². The largest absolute Gasteiger partial charge is 0.573 e. The first-order valence-electron chi connectivity index (χ1n) is 7.69. The Morgan fingerprint density at radius 2 is 1.58 bits per heavy atom. The molecule has 26 heavy (non-hydrogen) atoms. The van der Waals surface area contributed by atoms with Gasteiger partial charge in [0.15, 0.2) is 0 Å². The minimum absolute atomic E-state index is 0.295. The van der Waals surface area contributed by atoms with Gasteiger partial charge in [-0.05, 0) is 56.2 Å². The Kier molecular flexibility index (Phi) is 5.34. The van der Waals surface area contributed by atoms with Gasteiger partial charge in [0, 0.05) is 0 Å². The van der Waals surface area contributed by atoms with E-state index in [4.69, 9.17) is 10.5 Å². The van der Waals surface area contributed by atoms with Gasteiger partial charge in [-0.3, -0.25) is 5.32 Å². The van der Waals surface area contributed by atoms with Crippen molar-refractivity contribution in [1.82, 2.24) is 0 Å². The SMILES string of the molecule is CC(C)(C)OC(=O)Nc1ccc(-c2ccc(OC(F)(F)F)cc2)cc1N. The molecule has 0 aliphatic rings. The molecule has 0 atom stereocenters. The molecule has 0 heterocycles. The van der Waals surface area contributed by atoms with Gasteiger partial charge in [-0.25, -0.2) is 4.79 Å². The van der Waals surface area contributed by atoms with E-state index in [1.165, 1.54) is 24.3 Å². The summed E-state index contributed by atoms with van der Waals surface area (Å²) in [6.45, 7) is 5.22. The van der Waals surface area contributed by atoms with Crippen LogP contribution in [0.2, 0.25) is 0 Å². The zero-order valence-electron chi connectivity index (χ0n) is 14.5. The third kappa shape index (κ3) is 5.87. The van der Waals surface area contributed by atoms with E-state index < -0.39 is 18.1 Å². The van der Waals surface area contributed by atoms with E-state index >= 15 is 0 Å². The minimum Gasteiger partial charge on any atom is -0.444 e. The third-order valence-corrected chi connectivity index (χ3v) is 3.11. The molecule has 0 saturated carbocycles. The molecule has 0 fully saturated rings. The van der Waals surface area contributed by atoms with Crippen molar-refractivity contribution < 1.29 is 27.4 Å². The zero-order valence-corrected chi connectivity index (χ0v) is 14.5. The molecule has 3 N–H and O–H groups in total. The van der Waals surface area contributed by atoms with Gasteiger partial charge in [0.25, 0.3) is 0 Å². The van der Waals surface area contributed by atoms with Crippen LogP contribution in [-0.4, -0.2) is 18.1 Å². The normalized spacial score (nSPS) is 11.8. The molecule has 2 rings (SSSR count). The number of carbonyl (C=O) groups excluding carboxylic acids is 1. The summed E-state index contributed by atoms with van der Waals surface area (Å²) < 4.78 is 45.5. The van der Waals surface area contributed by atoms with Crippen LogP contribution in [0.25, 0.3) is 11.1 Å². The minimum atomic E-state index is -4.74. The lowest BCUT2D eigenvalue weighted by molar-refractivity contribution is -0.274. The molecule has 5 nitrogen and oxygen atoms in total. The smallest absolute Gasteiger partial charge is 0.444 e. The zero-order chi connectivity index (χ0) is 19.5. The fourth-order valence-corrected chi connectivity index (χ4v) is 2.12. The molecule has 2 aromatic rings. The van der Waals surface area contributed by atoms with Gasteiger partial charge in [-0.1, -0.05) is 18.2 Å². The van der Waals surface area contributed by atoms with E-state index in [1.807, 2.05) is 0 Å². The summed E-state index contributed by atoms with van der Waals surface area (Å²) in [5, 5.41) is 2.55. The second-order valence-corrected chi connectivity index (χ2v) is 6.50. The van der Waals surface area contributed by atoms with Gasteiger partial charge in [0.1, 0.15) is 11.4 Å². The second-order valence-electron chi connectivity index (χ2n) is 6.50. The number of nitrogens with two attached hydrogens (primary N) is 1. The molecule has 1 amide bonds. The van der Waals surface area contributed by atoms with Crippen LogP contribution in [0.15, 0.2) is 42.5 Å². The van der Waals surface area contributed by atoms with E-state index in [0.717, 1.165) is 0 Å². The number of benzene rings is 2. The highest BCUT2D eigenvalue weighted by Crippen LogP contribution is 2.30. The Morgan fingerprint density at radius 3 is 2.08 bits per heavy atom. The lowest BCUT2D eigenvalue weighted by atomic mass is 10.0. The highest BCUT2D eigenvalue weighted by Gasteiger charge is 2.30. The summed E-state index contributed by atoms with van der Waals surface area (Å²) in [6.07, 6.45) is -5.37. The molecule has 140 valence electrons. The fourth-order valence-electron chi connectivity index (χ4n) is 2.12. The van der Waals surface area contributed by atoms with Crippen LogP contribution in [0.3, 0.4) is 0 Å². The molecule has 0 aliphatic carbocycles. The van der Waals surface area contributed by atoms with Gasteiger partial charge in [0.05, 0.1) is 11.4 Å². The number of nitrogens with one attached hydrogen (secondary N) is 1. The summed E-state index contributed by atoms with van der Waals surface area (Å²) >= 11 is 0. The summed E-state index contributed by atoms with van der Waals surface area (Å²) in [5.74, 6) is -0.308. The molecule has 0 bridgehead atoms. The van der Waals surface area contributed by atoms with Crippen molar-refractivity contribution in [1.29, 1.82) is 0 Å². The Balaban J connectivity index is 2.12. The Hall–Kier alpha value is -2.90. The molecule has 0 aliphatic heterocycles. The number of hydrogen-bond donors (Lipinski definition) is 2. The van der Waals surface area contributed by atoms with Crippen LogP contribution < -0.4 is 15.8 Å². The fraction of sp³-hybridized carbons (Fsp3) is 0.278. The van der Waals surface area contributed by atoms with Crippen LogP contribution in [-0.2, 0) is 4.74 Å². The number of rotatable bonds is 3. The van der Waals surface area contributed by atoms with Crippen molar-refractivity contribution in [2.75, 3.05) is 11.1 Å². The predicted molar refractivity (Wildman–Crippen MR) is 92.8 cm³/mol. The monoisotopic (exact) mass is 368 g/mol. The molecule has 0 saturated heterocycles. The lowest BCUT2D eigenvalue weighted by Crippen LogP contribution is -2.27. The van der Waals surface area contributed by atoms with E-state index in [1.54, 1.807) is 39.0 Å². The highest BCUT2D eigenvalue weighted by molar-refractivity contribution is 5.90.